The Balaban J connectivity index is 1.12. The lowest BCUT2D eigenvalue weighted by atomic mass is 9.34. The van der Waals surface area contributed by atoms with Gasteiger partial charge in [-0.05, 0) is 141 Å². The molecule has 10 nitrogen and oxygen atoms in total. The van der Waals surface area contributed by atoms with Crippen LogP contribution < -0.4 is 0 Å². The van der Waals surface area contributed by atoms with Crippen molar-refractivity contribution >= 4 is 11.9 Å². The van der Waals surface area contributed by atoms with Gasteiger partial charge in [0.05, 0.1) is 11.5 Å². The van der Waals surface area contributed by atoms with Gasteiger partial charge in [0.1, 0.15) is 31.0 Å². The van der Waals surface area contributed by atoms with E-state index in [1.54, 1.807) is 0 Å². The van der Waals surface area contributed by atoms with Crippen LogP contribution in [0.3, 0.4) is 0 Å². The summed E-state index contributed by atoms with van der Waals surface area (Å²) in [5.41, 5.74) is 1.22. The number of carboxylic acids is 1. The number of aliphatic hydroxyl groups excluding tert-OH is 4. The topological polar surface area (TPSA) is 157 Å². The zero-order chi connectivity index (χ0) is 38.3. The van der Waals surface area contributed by atoms with Crippen LogP contribution in [-0.4, -0.2) is 105 Å². The van der Waals surface area contributed by atoms with Crippen molar-refractivity contribution in [3.63, 3.8) is 0 Å². The van der Waals surface area contributed by atoms with Crippen molar-refractivity contribution in [2.45, 2.75) is 162 Å². The normalized spacial score (nSPS) is 48.9. The van der Waals surface area contributed by atoms with Gasteiger partial charge in [-0.1, -0.05) is 59.6 Å². The van der Waals surface area contributed by atoms with Gasteiger partial charge in [-0.2, -0.15) is 0 Å². The second-order valence-corrected chi connectivity index (χ2v) is 20.3. The Bertz CT molecular complexity index is 1430. The summed E-state index contributed by atoms with van der Waals surface area (Å²) in [5, 5.41) is 52.9. The third-order valence-corrected chi connectivity index (χ3v) is 17.5. The van der Waals surface area contributed by atoms with Crippen molar-refractivity contribution in [3.8, 4) is 0 Å². The highest BCUT2D eigenvalue weighted by molar-refractivity contribution is 5.79. The van der Waals surface area contributed by atoms with Gasteiger partial charge in [0.25, 0.3) is 0 Å². The van der Waals surface area contributed by atoms with Gasteiger partial charge in [0.2, 0.25) is 0 Å². The first kappa shape index (κ1) is 39.7. The van der Waals surface area contributed by atoms with Crippen LogP contribution in [0, 0.1) is 56.7 Å². The fourth-order valence-corrected chi connectivity index (χ4v) is 14.0. The minimum Gasteiger partial charge on any atom is -0.479 e. The molecule has 15 atom stereocenters. The molecule has 4 saturated carbocycles. The van der Waals surface area contributed by atoms with Gasteiger partial charge in [-0.3, -0.25) is 9.69 Å². The first-order valence-electron chi connectivity index (χ1n) is 21.1. The number of carbonyl (C=O) groups excluding carboxylic acids is 1. The van der Waals surface area contributed by atoms with E-state index in [4.69, 9.17) is 9.47 Å². The van der Waals surface area contributed by atoms with E-state index >= 15 is 0 Å². The van der Waals surface area contributed by atoms with Crippen LogP contribution in [-0.2, 0) is 19.1 Å². The number of nitrogens with zero attached hydrogens (tertiary/aromatic N) is 1. The van der Waals surface area contributed by atoms with Gasteiger partial charge in [0, 0.05) is 6.54 Å². The monoisotopic (exact) mass is 743 g/mol. The fourth-order valence-electron chi connectivity index (χ4n) is 14.0. The van der Waals surface area contributed by atoms with Crippen LogP contribution in [0.2, 0.25) is 0 Å². The number of ether oxygens (including phenoxy) is 2. The number of aliphatic hydroxyl groups is 4. The molecule has 0 bridgehead atoms. The lowest BCUT2D eigenvalue weighted by molar-refractivity contribution is -0.256. The standard InChI is InChI=1S/C43H69NO9/c1-25-26(31(45)35-33(47)32(46)34(48)36(53-35)37(49)50)12-14-40(4)27(25)13-15-42(6)30(40)11-10-28-29-24-39(2,3)16-18-43(29,19-17-41(28,42)5)38(51)52-23-22-44-20-8-7-9-21-44/h10,25-27,29-36,45-48H,7-9,11-24H2,1-6H3,(H,49,50)/t25-,26-,27?,29?,30?,31?,32?,33?,34-,35-,36?,40-,41+,42+,43-/m0/s1. The highest BCUT2D eigenvalue weighted by Gasteiger charge is 2.69. The van der Waals surface area contributed by atoms with E-state index in [9.17, 15) is 35.1 Å². The second kappa shape index (κ2) is 14.1. The number of esters is 1. The van der Waals surface area contributed by atoms with Crippen molar-refractivity contribution in [1.29, 1.82) is 0 Å². The Hall–Kier alpha value is -1.56. The molecule has 2 saturated heterocycles. The van der Waals surface area contributed by atoms with Crippen LogP contribution in [0.4, 0.5) is 0 Å². The van der Waals surface area contributed by atoms with Crippen molar-refractivity contribution in [3.05, 3.63) is 11.6 Å². The molecule has 7 rings (SSSR count). The van der Waals surface area contributed by atoms with Gasteiger partial charge < -0.3 is 35.0 Å². The second-order valence-electron chi connectivity index (χ2n) is 20.3. The van der Waals surface area contributed by atoms with Crippen molar-refractivity contribution in [2.24, 2.45) is 56.7 Å². The number of allylic oxidation sites excluding steroid dienone is 2. The number of hydrogen-bond acceptors (Lipinski definition) is 9. The van der Waals surface area contributed by atoms with Crippen LogP contribution in [0.15, 0.2) is 11.6 Å². The molecule has 0 spiro atoms. The number of carbonyl (C=O) groups is 2. The van der Waals surface area contributed by atoms with E-state index in [1.165, 1.54) is 24.8 Å². The Morgan fingerprint density at radius 1 is 0.925 bits per heavy atom. The summed E-state index contributed by atoms with van der Waals surface area (Å²) in [6.07, 6.45) is 6.43. The molecule has 0 aromatic rings. The maximum Gasteiger partial charge on any atom is 0.335 e. The first-order valence-corrected chi connectivity index (χ1v) is 21.1. The molecule has 0 aromatic carbocycles. The smallest absolute Gasteiger partial charge is 0.335 e. The van der Waals surface area contributed by atoms with E-state index in [2.05, 4.69) is 52.5 Å². The lowest BCUT2D eigenvalue weighted by Gasteiger charge is -2.70. The largest absolute Gasteiger partial charge is 0.479 e. The van der Waals surface area contributed by atoms with Gasteiger partial charge in [-0.25, -0.2) is 4.79 Å². The number of carboxylic acid groups (broad SMARTS) is 1. The number of hydrogen-bond donors (Lipinski definition) is 5. The zero-order valence-electron chi connectivity index (χ0n) is 33.3. The van der Waals surface area contributed by atoms with Gasteiger partial charge in [0.15, 0.2) is 6.10 Å². The van der Waals surface area contributed by atoms with Crippen molar-refractivity contribution in [2.75, 3.05) is 26.2 Å². The average molecular weight is 744 g/mol. The number of likely N-dealkylation sites (tertiary alicyclic amines) is 1. The molecule has 0 amide bonds. The van der Waals surface area contributed by atoms with Gasteiger partial charge in [-0.15, -0.1) is 0 Å². The molecule has 5 N–H and O–H groups in total. The van der Waals surface area contributed by atoms with Crippen LogP contribution >= 0.6 is 0 Å². The maximum atomic E-state index is 14.4. The van der Waals surface area contributed by atoms with Gasteiger partial charge >= 0.3 is 11.9 Å². The molecule has 0 radical (unpaired) electrons. The van der Waals surface area contributed by atoms with E-state index in [-0.39, 0.29) is 45.4 Å². The SMILES string of the molecule is C[C@@H]1C2CC[C@]3(C)C(CC=C4C5CC(C)(C)CC[C@]5(C(=O)OCCN5CCCCC5)CC[C@]43C)[C@@]2(C)CC[C@@H]1C(O)[C@@H]1OC(C(=O)O)[C@@H](O)C(O)C1O. The molecule has 5 aliphatic carbocycles. The van der Waals surface area contributed by atoms with Crippen LogP contribution in [0.5, 0.6) is 0 Å². The molecule has 300 valence electrons. The summed E-state index contributed by atoms with van der Waals surface area (Å²) in [6.45, 7) is 18.0. The molecule has 6 fully saturated rings. The van der Waals surface area contributed by atoms with Crippen molar-refractivity contribution in [1.82, 2.24) is 4.90 Å². The van der Waals surface area contributed by atoms with Crippen LogP contribution in [0.1, 0.15) is 125 Å². The Morgan fingerprint density at radius 2 is 1.62 bits per heavy atom. The Morgan fingerprint density at radius 3 is 2.32 bits per heavy atom. The summed E-state index contributed by atoms with van der Waals surface area (Å²) >= 11 is 0. The number of aliphatic carboxylic acids is 1. The molecule has 0 aromatic heterocycles. The lowest BCUT2D eigenvalue weighted by Crippen LogP contribution is -2.65. The van der Waals surface area contributed by atoms with E-state index in [1.807, 2.05) is 0 Å². The van der Waals surface area contributed by atoms with E-state index in [0.29, 0.717) is 24.9 Å². The predicted molar refractivity (Wildman–Crippen MR) is 199 cm³/mol. The quantitative estimate of drug-likeness (QED) is 0.171. The zero-order valence-corrected chi connectivity index (χ0v) is 33.3. The summed E-state index contributed by atoms with van der Waals surface area (Å²) in [4.78, 5) is 28.6. The van der Waals surface area contributed by atoms with Crippen LogP contribution in [0.25, 0.3) is 0 Å². The minimum atomic E-state index is -1.78. The molecular formula is C43H69NO9. The summed E-state index contributed by atoms with van der Waals surface area (Å²) in [5.74, 6) is -0.649. The third-order valence-electron chi connectivity index (χ3n) is 17.5. The minimum absolute atomic E-state index is 0.00672. The average Bonchev–Trinajstić information content (AvgIpc) is 3.11. The third kappa shape index (κ3) is 6.27. The summed E-state index contributed by atoms with van der Waals surface area (Å²) in [6, 6.07) is 0. The molecule has 7 unspecified atom stereocenters. The Kier molecular flexibility index (Phi) is 10.6. The highest BCUT2D eigenvalue weighted by Crippen LogP contribution is 2.75. The number of piperidine rings is 1. The molecule has 2 aliphatic heterocycles. The summed E-state index contributed by atoms with van der Waals surface area (Å²) < 4.78 is 11.9. The molecule has 2 heterocycles. The van der Waals surface area contributed by atoms with E-state index < -0.39 is 48.0 Å². The number of fused-ring (bicyclic) bond motifs is 7. The Labute approximate surface area is 317 Å². The highest BCUT2D eigenvalue weighted by atomic mass is 16.6. The predicted octanol–water partition coefficient (Wildman–Crippen LogP) is 5.34. The molecule has 53 heavy (non-hydrogen) atoms. The molecule has 10 heteroatoms. The first-order chi connectivity index (χ1) is 24.9. The maximum absolute atomic E-state index is 14.4. The van der Waals surface area contributed by atoms with Crippen molar-refractivity contribution < 1.29 is 44.6 Å². The number of rotatable bonds is 7. The molecular weight excluding hydrogens is 674 g/mol. The fraction of sp³-hybridized carbons (Fsp3) is 0.907. The summed E-state index contributed by atoms with van der Waals surface area (Å²) in [7, 11) is 0. The molecule has 7 aliphatic rings. The van der Waals surface area contributed by atoms with E-state index in [0.717, 1.165) is 77.4 Å².